The second-order valence-electron chi connectivity index (χ2n) is 12.9. The number of nitrogens with two attached hydrogens (primary N) is 1. The summed E-state index contributed by atoms with van der Waals surface area (Å²) >= 11 is 0. The van der Waals surface area contributed by atoms with Gasteiger partial charge in [-0.05, 0) is 59.6 Å². The van der Waals surface area contributed by atoms with Gasteiger partial charge in [0.15, 0.2) is 0 Å². The highest BCUT2D eigenvalue weighted by Gasteiger charge is 2.34. The minimum Gasteiger partial charge on any atom is -0.484 e. The summed E-state index contributed by atoms with van der Waals surface area (Å²) in [6.07, 6.45) is -0.863. The van der Waals surface area contributed by atoms with Crippen molar-refractivity contribution in [2.75, 3.05) is 44.3 Å². The van der Waals surface area contributed by atoms with Gasteiger partial charge < -0.3 is 29.9 Å². The number of halogens is 3. The van der Waals surface area contributed by atoms with Crippen molar-refractivity contribution >= 4 is 28.9 Å². The number of hydrazone groups is 1. The van der Waals surface area contributed by atoms with Gasteiger partial charge in [0.05, 0.1) is 36.7 Å². The molecule has 5 rings (SSSR count). The summed E-state index contributed by atoms with van der Waals surface area (Å²) in [6, 6.07) is 4.67. The number of aliphatic imine (C=N–C) groups is 1. The Balaban J connectivity index is 1.45. The molecule has 0 aliphatic carbocycles. The van der Waals surface area contributed by atoms with Crippen molar-refractivity contribution < 1.29 is 32.2 Å². The summed E-state index contributed by atoms with van der Waals surface area (Å²) in [5.74, 6) is 6.43. The summed E-state index contributed by atoms with van der Waals surface area (Å²) < 4.78 is 60.2. The normalized spacial score (nSPS) is 17.6. The molecule has 16 heteroatoms. The molecule has 0 aromatic carbocycles. The van der Waals surface area contributed by atoms with Gasteiger partial charge in [-0.15, -0.1) is 0 Å². The number of rotatable bonds is 7. The summed E-state index contributed by atoms with van der Waals surface area (Å²) in [4.78, 5) is 25.1. The molecule has 2 N–H and O–H groups in total. The van der Waals surface area contributed by atoms with Crippen LogP contribution < -0.4 is 15.5 Å². The zero-order chi connectivity index (χ0) is 35.5. The van der Waals surface area contributed by atoms with Crippen LogP contribution in [0.3, 0.4) is 0 Å². The van der Waals surface area contributed by atoms with Gasteiger partial charge >= 0.3 is 12.3 Å². The number of anilines is 1. The van der Waals surface area contributed by atoms with Gasteiger partial charge in [-0.2, -0.15) is 28.6 Å². The average Bonchev–Trinajstić information content (AvgIpc) is 3.48. The van der Waals surface area contributed by atoms with Crippen molar-refractivity contribution in [1.29, 1.82) is 5.26 Å². The molecule has 2 saturated heterocycles. The number of fused-ring (bicyclic) bond motifs is 1. The molecule has 2 fully saturated rings. The predicted octanol–water partition coefficient (Wildman–Crippen LogP) is 5.12. The monoisotopic (exact) mass is 683 g/mol. The van der Waals surface area contributed by atoms with Crippen molar-refractivity contribution in [2.45, 2.75) is 71.4 Å². The maximum Gasteiger partial charge on any atom is 0.417 e. The number of piperidine rings is 1. The number of ether oxygens (including phenoxy) is 3. The fraction of sp³-hybridized carbons (Fsp3) is 0.515. The van der Waals surface area contributed by atoms with E-state index in [1.807, 2.05) is 25.7 Å². The Hall–Kier alpha value is -4.91. The second-order valence-corrected chi connectivity index (χ2v) is 12.9. The lowest BCUT2D eigenvalue weighted by Crippen LogP contribution is -2.42. The van der Waals surface area contributed by atoms with Crippen LogP contribution in [-0.2, 0) is 15.7 Å². The van der Waals surface area contributed by atoms with E-state index in [0.29, 0.717) is 80.6 Å². The topological polar surface area (TPSA) is 156 Å². The number of hydrogen-bond acceptors (Lipinski definition) is 11. The zero-order valence-electron chi connectivity index (χ0n) is 28.1. The zero-order valence-corrected chi connectivity index (χ0v) is 28.1. The Morgan fingerprint density at radius 1 is 1.14 bits per heavy atom. The molecule has 1 amide bonds. The number of likely N-dealkylation sites (tertiary alicyclic amines) is 1. The van der Waals surface area contributed by atoms with Crippen LogP contribution in [0, 0.1) is 11.3 Å². The predicted molar refractivity (Wildman–Crippen MR) is 176 cm³/mol. The average molecular weight is 684 g/mol. The van der Waals surface area contributed by atoms with E-state index in [1.165, 1.54) is 10.7 Å². The minimum atomic E-state index is -4.62. The van der Waals surface area contributed by atoms with Crippen LogP contribution in [0.4, 0.5) is 23.8 Å². The number of aromatic nitrogens is 3. The second kappa shape index (κ2) is 14.3. The number of pyridine rings is 2. The van der Waals surface area contributed by atoms with Crippen molar-refractivity contribution in [2.24, 2.45) is 15.9 Å². The Bertz CT molecular complexity index is 1780. The molecule has 2 aliphatic heterocycles. The van der Waals surface area contributed by atoms with Crippen LogP contribution in [0.1, 0.15) is 75.8 Å². The van der Waals surface area contributed by atoms with E-state index in [4.69, 9.17) is 25.0 Å². The molecule has 1 unspecified atom stereocenters. The first kappa shape index (κ1) is 35.4. The summed E-state index contributed by atoms with van der Waals surface area (Å²) in [7, 11) is 0. The van der Waals surface area contributed by atoms with Crippen LogP contribution in [-0.4, -0.2) is 88.1 Å². The molecule has 0 spiro atoms. The first-order valence-electron chi connectivity index (χ1n) is 16.0. The van der Waals surface area contributed by atoms with Gasteiger partial charge in [0, 0.05) is 49.7 Å². The van der Waals surface area contributed by atoms with Gasteiger partial charge in [-0.3, -0.25) is 4.99 Å². The Labute approximate surface area is 282 Å². The maximum absolute atomic E-state index is 13.8. The molecule has 3 aromatic rings. The highest BCUT2D eigenvalue weighted by atomic mass is 19.4. The Morgan fingerprint density at radius 3 is 2.45 bits per heavy atom. The third kappa shape index (κ3) is 8.22. The Kier molecular flexibility index (Phi) is 10.3. The van der Waals surface area contributed by atoms with Crippen molar-refractivity contribution in [3.05, 3.63) is 53.0 Å². The molecule has 49 heavy (non-hydrogen) atoms. The molecular weight excluding hydrogens is 643 g/mol. The van der Waals surface area contributed by atoms with Gasteiger partial charge in [0.2, 0.25) is 0 Å². The number of amides is 1. The number of carbonyl (C=O) groups excluding carboxylic acids is 1. The molecule has 0 bridgehead atoms. The standard InChI is InChI=1S/C33H40F3N9O4/c1-20(41-25-6-8-44(9-7-25)31(46)49-32(3,4)5)28(42-38)22-14-27(29-23(16-37)17-40-45(29)19-22)48-21(2)26-15-24(33(34,35)36)18-39-30(26)43-10-12-47-13-11-43/h14-15,17-19,21,25H,6-13,38H2,1-5H3/b41-20?,42-28+. The van der Waals surface area contributed by atoms with Crippen LogP contribution in [0.5, 0.6) is 5.75 Å². The van der Waals surface area contributed by atoms with Gasteiger partial charge in [0.25, 0.3) is 0 Å². The molecule has 262 valence electrons. The highest BCUT2D eigenvalue weighted by Crippen LogP contribution is 2.37. The lowest BCUT2D eigenvalue weighted by Gasteiger charge is -2.32. The molecule has 3 aromatic heterocycles. The quantitative estimate of drug-likeness (QED) is 0.203. The summed E-state index contributed by atoms with van der Waals surface area (Å²) in [6.45, 7) is 11.5. The van der Waals surface area contributed by atoms with E-state index >= 15 is 0 Å². The summed E-state index contributed by atoms with van der Waals surface area (Å²) in [5.41, 5.74) is 0.586. The van der Waals surface area contributed by atoms with Crippen LogP contribution in [0.2, 0.25) is 0 Å². The number of carbonyl (C=O) groups is 1. The van der Waals surface area contributed by atoms with E-state index in [9.17, 15) is 23.2 Å². The first-order valence-corrected chi connectivity index (χ1v) is 16.0. The van der Waals surface area contributed by atoms with E-state index in [0.717, 1.165) is 12.3 Å². The Morgan fingerprint density at radius 2 is 1.84 bits per heavy atom. The fourth-order valence-corrected chi connectivity index (χ4v) is 5.82. The first-order chi connectivity index (χ1) is 23.2. The van der Waals surface area contributed by atoms with E-state index in [1.54, 1.807) is 31.0 Å². The van der Waals surface area contributed by atoms with Crippen LogP contribution >= 0.6 is 0 Å². The number of hydrogen-bond donors (Lipinski definition) is 1. The van der Waals surface area contributed by atoms with E-state index in [2.05, 4.69) is 21.3 Å². The van der Waals surface area contributed by atoms with Gasteiger partial charge in [-0.1, -0.05) is 0 Å². The number of morpholine rings is 1. The number of nitrogens with zero attached hydrogens (tertiary/aromatic N) is 8. The minimum absolute atomic E-state index is 0.100. The molecule has 1 atom stereocenters. The van der Waals surface area contributed by atoms with Crippen molar-refractivity contribution in [3.8, 4) is 11.8 Å². The highest BCUT2D eigenvalue weighted by molar-refractivity contribution is 6.47. The lowest BCUT2D eigenvalue weighted by atomic mass is 10.0. The SMILES string of the molecule is CC(=NC1CCN(C(=O)OC(C)(C)C)CC1)/C(=N\N)c1cc(OC(C)c2cc(C(F)(F)F)cnc2N2CCOCC2)c2c(C#N)cnn2c1. The van der Waals surface area contributed by atoms with Gasteiger partial charge in [0.1, 0.15) is 46.1 Å². The van der Waals surface area contributed by atoms with Crippen LogP contribution in [0.15, 0.2) is 40.8 Å². The molecule has 0 radical (unpaired) electrons. The van der Waals surface area contributed by atoms with Crippen molar-refractivity contribution in [3.63, 3.8) is 0 Å². The van der Waals surface area contributed by atoms with E-state index in [-0.39, 0.29) is 29.0 Å². The largest absolute Gasteiger partial charge is 0.484 e. The maximum atomic E-state index is 13.8. The molecule has 13 nitrogen and oxygen atoms in total. The number of alkyl halides is 3. The van der Waals surface area contributed by atoms with E-state index < -0.39 is 23.4 Å². The van der Waals surface area contributed by atoms with Crippen molar-refractivity contribution in [1.82, 2.24) is 19.5 Å². The summed E-state index contributed by atoms with van der Waals surface area (Å²) in [5, 5.41) is 18.2. The molecular formula is C33H40F3N9O4. The number of nitriles is 1. The lowest BCUT2D eigenvalue weighted by molar-refractivity contribution is -0.137. The molecule has 5 heterocycles. The third-order valence-electron chi connectivity index (χ3n) is 8.21. The van der Waals surface area contributed by atoms with Gasteiger partial charge in [-0.25, -0.2) is 14.3 Å². The molecule has 0 saturated carbocycles. The van der Waals surface area contributed by atoms with Crippen LogP contribution in [0.25, 0.3) is 5.52 Å². The fourth-order valence-electron chi connectivity index (χ4n) is 5.82. The molecule has 2 aliphatic rings. The smallest absolute Gasteiger partial charge is 0.417 e. The third-order valence-corrected chi connectivity index (χ3v) is 8.21.